The van der Waals surface area contributed by atoms with E-state index in [-0.39, 0.29) is 0 Å². The third kappa shape index (κ3) is 2.57. The van der Waals surface area contributed by atoms with Crippen molar-refractivity contribution in [2.75, 3.05) is 0 Å². The van der Waals surface area contributed by atoms with Crippen molar-refractivity contribution < 1.29 is 0 Å². The molecule has 0 aliphatic rings. The maximum Gasteiger partial charge on any atom is 0.0704 e. The fourth-order valence-corrected chi connectivity index (χ4v) is 3.12. The lowest BCUT2D eigenvalue weighted by molar-refractivity contribution is 1.20. The van der Waals surface area contributed by atoms with E-state index in [1.807, 2.05) is 12.4 Å². The molecule has 0 unspecified atom stereocenters. The van der Waals surface area contributed by atoms with E-state index in [1.54, 1.807) is 0 Å². The molecule has 112 valence electrons. The quantitative estimate of drug-likeness (QED) is 0.521. The normalized spacial score (nSPS) is 11.2. The molecule has 0 radical (unpaired) electrons. The van der Waals surface area contributed by atoms with Gasteiger partial charge in [0.1, 0.15) is 0 Å². The number of hydrogen-bond donors (Lipinski definition) is 0. The Morgan fingerprint density at radius 1 is 0.652 bits per heavy atom. The minimum atomic E-state index is 0.925. The molecular weight excluding hydrogens is 280 g/mol. The first kappa shape index (κ1) is 13.9. The van der Waals surface area contributed by atoms with Gasteiger partial charge >= 0.3 is 0 Å². The molecule has 0 atom stereocenters. The molecule has 0 spiro atoms. The van der Waals surface area contributed by atoms with Crippen molar-refractivity contribution in [2.24, 2.45) is 0 Å². The van der Waals surface area contributed by atoms with Gasteiger partial charge < -0.3 is 0 Å². The second-order valence-electron chi connectivity index (χ2n) is 6.14. The lowest BCUT2D eigenvalue weighted by atomic mass is 9.99. The molecule has 0 amide bonds. The Labute approximate surface area is 135 Å². The highest BCUT2D eigenvalue weighted by atomic mass is 14.6. The van der Waals surface area contributed by atoms with Gasteiger partial charge in [-0.25, -0.2) is 0 Å². The molecule has 2 heterocycles. The van der Waals surface area contributed by atoms with Gasteiger partial charge in [0.05, 0.1) is 11.0 Å². The van der Waals surface area contributed by atoms with Crippen LogP contribution >= 0.6 is 0 Å². The highest BCUT2D eigenvalue weighted by Crippen LogP contribution is 2.22. The molecule has 0 bridgehead atoms. The fraction of sp³-hybridized carbons (Fsp3) is 0.143. The first-order chi connectivity index (χ1) is 11.2. The van der Waals surface area contributed by atoms with Gasteiger partial charge in [-0.15, -0.1) is 0 Å². The summed E-state index contributed by atoms with van der Waals surface area (Å²) in [7, 11) is 0. The van der Waals surface area contributed by atoms with E-state index in [4.69, 9.17) is 0 Å². The summed E-state index contributed by atoms with van der Waals surface area (Å²) in [6, 6.07) is 17.2. The molecule has 0 fully saturated rings. The molecule has 2 heteroatoms. The first-order valence-corrected chi connectivity index (χ1v) is 7.89. The van der Waals surface area contributed by atoms with Crippen molar-refractivity contribution in [3.8, 4) is 0 Å². The van der Waals surface area contributed by atoms with Crippen LogP contribution in [0.5, 0.6) is 0 Å². The van der Waals surface area contributed by atoms with Gasteiger partial charge in [0.25, 0.3) is 0 Å². The molecule has 0 saturated carbocycles. The van der Waals surface area contributed by atoms with Crippen molar-refractivity contribution in [1.29, 1.82) is 0 Å². The van der Waals surface area contributed by atoms with Crippen LogP contribution in [0.25, 0.3) is 21.8 Å². The van der Waals surface area contributed by atoms with Gasteiger partial charge in [0.15, 0.2) is 0 Å². The van der Waals surface area contributed by atoms with Crippen LogP contribution in [-0.4, -0.2) is 9.97 Å². The Kier molecular flexibility index (Phi) is 3.30. The molecule has 2 aromatic carbocycles. The van der Waals surface area contributed by atoms with Crippen LogP contribution in [0, 0.1) is 13.8 Å². The second kappa shape index (κ2) is 5.47. The lowest BCUT2D eigenvalue weighted by Gasteiger charge is -2.08. The molecule has 0 N–H and O–H groups in total. The van der Waals surface area contributed by atoms with Gasteiger partial charge in [-0.3, -0.25) is 9.97 Å². The van der Waals surface area contributed by atoms with Crippen LogP contribution < -0.4 is 0 Å². The number of nitrogens with zero attached hydrogens (tertiary/aromatic N) is 2. The second-order valence-corrected chi connectivity index (χ2v) is 6.14. The van der Waals surface area contributed by atoms with Gasteiger partial charge in [0, 0.05) is 23.2 Å². The van der Waals surface area contributed by atoms with E-state index in [0.717, 1.165) is 17.5 Å². The lowest BCUT2D eigenvalue weighted by Crippen LogP contribution is -1.92. The van der Waals surface area contributed by atoms with Crippen LogP contribution in [-0.2, 0) is 6.42 Å². The van der Waals surface area contributed by atoms with Crippen LogP contribution in [0.15, 0.2) is 60.9 Å². The topological polar surface area (TPSA) is 25.8 Å². The Bertz CT molecular complexity index is 935. The average Bonchev–Trinajstić information content (AvgIpc) is 2.56. The Balaban J connectivity index is 1.75. The number of aryl methyl sites for hydroxylation is 2. The Morgan fingerprint density at radius 2 is 1.13 bits per heavy atom. The van der Waals surface area contributed by atoms with Gasteiger partial charge in [-0.1, -0.05) is 12.1 Å². The summed E-state index contributed by atoms with van der Waals surface area (Å²) in [6.07, 6.45) is 4.67. The van der Waals surface area contributed by atoms with Crippen molar-refractivity contribution >= 4 is 21.8 Å². The molecule has 0 saturated heterocycles. The summed E-state index contributed by atoms with van der Waals surface area (Å²) in [4.78, 5) is 8.87. The van der Waals surface area contributed by atoms with Crippen molar-refractivity contribution in [3.05, 3.63) is 83.2 Å². The van der Waals surface area contributed by atoms with Gasteiger partial charge in [-0.05, 0) is 78.9 Å². The highest BCUT2D eigenvalue weighted by molar-refractivity contribution is 5.83. The smallest absolute Gasteiger partial charge is 0.0704 e. The summed E-state index contributed by atoms with van der Waals surface area (Å²) in [6.45, 7) is 4.28. The predicted molar refractivity (Wildman–Crippen MR) is 95.8 cm³/mol. The first-order valence-electron chi connectivity index (χ1n) is 7.89. The molecule has 0 aliphatic heterocycles. The van der Waals surface area contributed by atoms with E-state index in [0.29, 0.717) is 0 Å². The summed E-state index contributed by atoms with van der Waals surface area (Å²) < 4.78 is 0. The maximum absolute atomic E-state index is 4.43. The summed E-state index contributed by atoms with van der Waals surface area (Å²) in [5, 5.41) is 2.48. The molecule has 2 aromatic heterocycles. The SMILES string of the molecule is Cc1ccnc2ccc(Cc3ccc4nccc(C)c4c3)cc12. The molecule has 4 rings (SSSR count). The maximum atomic E-state index is 4.43. The monoisotopic (exact) mass is 298 g/mol. The van der Waals surface area contributed by atoms with E-state index in [2.05, 4.69) is 72.3 Å². The number of pyridine rings is 2. The van der Waals surface area contributed by atoms with Crippen LogP contribution in [0.3, 0.4) is 0 Å². The highest BCUT2D eigenvalue weighted by Gasteiger charge is 2.04. The van der Waals surface area contributed by atoms with Crippen LogP contribution in [0.4, 0.5) is 0 Å². The standard InChI is InChI=1S/C21H18N2/c1-14-7-9-22-20-5-3-16(12-18(14)20)11-17-4-6-21-19(13-17)15(2)8-10-23-21/h3-10,12-13H,11H2,1-2H3. The molecular formula is C21H18N2. The average molecular weight is 298 g/mol. The predicted octanol–water partition coefficient (Wildman–Crippen LogP) is 4.99. The summed E-state index contributed by atoms with van der Waals surface area (Å²) in [5.41, 5.74) is 7.30. The Morgan fingerprint density at radius 3 is 1.61 bits per heavy atom. The molecule has 0 aliphatic carbocycles. The summed E-state index contributed by atoms with van der Waals surface area (Å²) >= 11 is 0. The molecule has 4 aromatic rings. The number of fused-ring (bicyclic) bond motifs is 2. The van der Waals surface area contributed by atoms with Crippen molar-refractivity contribution in [1.82, 2.24) is 9.97 Å². The minimum Gasteiger partial charge on any atom is -0.256 e. The number of hydrogen-bond acceptors (Lipinski definition) is 2. The number of rotatable bonds is 2. The number of aromatic nitrogens is 2. The third-order valence-corrected chi connectivity index (χ3v) is 4.46. The van der Waals surface area contributed by atoms with E-state index in [1.165, 1.54) is 33.0 Å². The largest absolute Gasteiger partial charge is 0.256 e. The fourth-order valence-electron chi connectivity index (χ4n) is 3.12. The molecule has 2 nitrogen and oxygen atoms in total. The molecule has 23 heavy (non-hydrogen) atoms. The van der Waals surface area contributed by atoms with E-state index < -0.39 is 0 Å². The zero-order valence-corrected chi connectivity index (χ0v) is 13.4. The minimum absolute atomic E-state index is 0.925. The van der Waals surface area contributed by atoms with Gasteiger partial charge in [0.2, 0.25) is 0 Å². The van der Waals surface area contributed by atoms with E-state index >= 15 is 0 Å². The third-order valence-electron chi connectivity index (χ3n) is 4.46. The van der Waals surface area contributed by atoms with Crippen LogP contribution in [0.2, 0.25) is 0 Å². The van der Waals surface area contributed by atoms with Gasteiger partial charge in [-0.2, -0.15) is 0 Å². The zero-order chi connectivity index (χ0) is 15.8. The van der Waals surface area contributed by atoms with Crippen molar-refractivity contribution in [2.45, 2.75) is 20.3 Å². The Hall–Kier alpha value is -2.74. The van der Waals surface area contributed by atoms with Crippen molar-refractivity contribution in [3.63, 3.8) is 0 Å². The summed E-state index contributed by atoms with van der Waals surface area (Å²) in [5.74, 6) is 0. The van der Waals surface area contributed by atoms with Crippen LogP contribution in [0.1, 0.15) is 22.3 Å². The zero-order valence-electron chi connectivity index (χ0n) is 13.4. The van der Waals surface area contributed by atoms with E-state index in [9.17, 15) is 0 Å². The number of benzene rings is 2.